The Bertz CT molecular complexity index is 1350. The molecule has 1 saturated heterocycles. The minimum Gasteiger partial charge on any atom is -0.449 e. The number of hydrogen-bond acceptors (Lipinski definition) is 4. The number of amides is 1. The highest BCUT2D eigenvalue weighted by Crippen LogP contribution is 2.44. The third kappa shape index (κ3) is 5.17. The molecule has 0 bridgehead atoms. The number of ether oxygens (including phenoxy) is 1. The van der Waals surface area contributed by atoms with Crippen LogP contribution in [0.15, 0.2) is 76.7 Å². The average Bonchev–Trinajstić information content (AvgIpc) is 3.31. The van der Waals surface area contributed by atoms with Gasteiger partial charge < -0.3 is 19.4 Å². The highest BCUT2D eigenvalue weighted by atomic mass is 79.9. The third-order valence-corrected chi connectivity index (χ3v) is 8.24. The van der Waals surface area contributed by atoms with Gasteiger partial charge in [0.2, 0.25) is 0 Å². The van der Waals surface area contributed by atoms with Gasteiger partial charge in [0.1, 0.15) is 12.4 Å². The Morgan fingerprint density at radius 3 is 2.16 bits per heavy atom. The number of halogens is 2. The van der Waals surface area contributed by atoms with E-state index < -0.39 is 24.4 Å². The Balaban J connectivity index is 1.30. The normalized spacial score (nSPS) is 17.7. The van der Waals surface area contributed by atoms with Gasteiger partial charge in [-0.3, -0.25) is 0 Å². The van der Waals surface area contributed by atoms with E-state index in [9.17, 15) is 9.18 Å². The quantitative estimate of drug-likeness (QED) is 0.316. The molecule has 8 heteroatoms. The molecule has 1 aliphatic heterocycles. The first-order chi connectivity index (χ1) is 18.1. The molecule has 1 heterocycles. The molecule has 0 spiro atoms. The second kappa shape index (κ2) is 10.3. The van der Waals surface area contributed by atoms with Crippen LogP contribution in [0.3, 0.4) is 0 Å². The number of nitrogens with one attached hydrogen (secondary N) is 1. The first-order valence-corrected chi connectivity index (χ1v) is 13.4. The van der Waals surface area contributed by atoms with Gasteiger partial charge >= 0.3 is 13.2 Å². The van der Waals surface area contributed by atoms with Crippen molar-refractivity contribution in [3.8, 4) is 11.1 Å². The Morgan fingerprint density at radius 2 is 1.58 bits per heavy atom. The fourth-order valence-electron chi connectivity index (χ4n) is 4.84. The monoisotopic (exact) mass is 577 g/mol. The number of alkyl carbamates (subject to hydrolysis) is 1. The van der Waals surface area contributed by atoms with Gasteiger partial charge in [0.15, 0.2) is 0 Å². The number of carbonyl (C=O) groups excluding carboxylic acids is 1. The standard InChI is InChI=1S/C30H30BBrFNO4/c1-29(2)30(3,4)38-31(37-29)20(15-19-13-14-27(33)26(32)16-19)17-34-28(35)36-18-25-23-11-7-5-9-21(23)22-10-6-8-12-24(22)25/h5-16,25H,17-18H2,1-4H3,(H,34,35). The summed E-state index contributed by atoms with van der Waals surface area (Å²) in [6.45, 7) is 8.25. The molecule has 1 fully saturated rings. The molecule has 5 rings (SSSR count). The van der Waals surface area contributed by atoms with Crippen LogP contribution in [-0.4, -0.2) is 37.6 Å². The molecular formula is C30H30BBrFNO4. The number of carbonyl (C=O) groups is 1. The Labute approximate surface area is 231 Å². The lowest BCUT2D eigenvalue weighted by atomic mass is 9.77. The van der Waals surface area contributed by atoms with Crippen LogP contribution in [0.5, 0.6) is 0 Å². The van der Waals surface area contributed by atoms with Gasteiger partial charge in [0, 0.05) is 12.5 Å². The summed E-state index contributed by atoms with van der Waals surface area (Å²) in [5.74, 6) is -0.376. The number of rotatable bonds is 6. The zero-order valence-electron chi connectivity index (χ0n) is 21.9. The summed E-state index contributed by atoms with van der Waals surface area (Å²) in [5, 5.41) is 2.86. The summed E-state index contributed by atoms with van der Waals surface area (Å²) in [4.78, 5) is 12.8. The van der Waals surface area contributed by atoms with E-state index in [4.69, 9.17) is 14.0 Å². The zero-order valence-corrected chi connectivity index (χ0v) is 23.5. The van der Waals surface area contributed by atoms with Crippen molar-refractivity contribution in [3.05, 3.63) is 99.2 Å². The van der Waals surface area contributed by atoms with Gasteiger partial charge in [-0.25, -0.2) is 9.18 Å². The summed E-state index contributed by atoms with van der Waals surface area (Å²) >= 11 is 3.24. The predicted octanol–water partition coefficient (Wildman–Crippen LogP) is 7.14. The van der Waals surface area contributed by atoms with E-state index in [-0.39, 0.29) is 24.9 Å². The molecule has 5 nitrogen and oxygen atoms in total. The Kier molecular flexibility index (Phi) is 7.24. The van der Waals surface area contributed by atoms with Crippen LogP contribution in [0.2, 0.25) is 0 Å². The van der Waals surface area contributed by atoms with Crippen molar-refractivity contribution in [2.24, 2.45) is 0 Å². The summed E-state index contributed by atoms with van der Waals surface area (Å²) in [7, 11) is -0.683. The summed E-state index contributed by atoms with van der Waals surface area (Å²) in [6.07, 6.45) is 1.31. The minimum absolute atomic E-state index is 0.0252. The lowest BCUT2D eigenvalue weighted by molar-refractivity contribution is 0.00578. The van der Waals surface area contributed by atoms with E-state index in [1.807, 2.05) is 58.0 Å². The average molecular weight is 578 g/mol. The van der Waals surface area contributed by atoms with Gasteiger partial charge in [-0.2, -0.15) is 0 Å². The third-order valence-electron chi connectivity index (χ3n) is 7.63. The highest BCUT2D eigenvalue weighted by Gasteiger charge is 2.52. The van der Waals surface area contributed by atoms with Gasteiger partial charge in [0.05, 0.1) is 15.7 Å². The van der Waals surface area contributed by atoms with E-state index in [1.54, 1.807) is 12.1 Å². The molecule has 0 atom stereocenters. The molecular weight excluding hydrogens is 548 g/mol. The Hall–Kier alpha value is -2.94. The molecule has 0 saturated carbocycles. The fraction of sp³-hybridized carbons (Fsp3) is 0.300. The first-order valence-electron chi connectivity index (χ1n) is 12.7. The molecule has 0 aromatic heterocycles. The lowest BCUT2D eigenvalue weighted by Gasteiger charge is -2.32. The maximum Gasteiger partial charge on any atom is 0.492 e. The van der Waals surface area contributed by atoms with Gasteiger partial charge in [-0.1, -0.05) is 60.7 Å². The molecule has 0 unspecified atom stereocenters. The van der Waals surface area contributed by atoms with Crippen molar-refractivity contribution in [1.29, 1.82) is 0 Å². The largest absolute Gasteiger partial charge is 0.492 e. The van der Waals surface area contributed by atoms with Gasteiger partial charge in [-0.15, -0.1) is 0 Å². The SMILES string of the molecule is CC1(C)OB(C(=Cc2ccc(F)c(Br)c2)CNC(=O)OCC2c3ccccc3-c3ccccc32)OC1(C)C. The fourth-order valence-corrected chi connectivity index (χ4v) is 5.23. The molecule has 0 radical (unpaired) electrons. The molecule has 2 aliphatic rings. The number of fused-ring (bicyclic) bond motifs is 3. The Morgan fingerprint density at radius 1 is 1.00 bits per heavy atom. The lowest BCUT2D eigenvalue weighted by Crippen LogP contribution is -2.41. The zero-order chi connectivity index (χ0) is 27.1. The van der Waals surface area contributed by atoms with Crippen LogP contribution >= 0.6 is 15.9 Å². The summed E-state index contributed by atoms with van der Waals surface area (Å²) in [6, 6.07) is 21.2. The van der Waals surface area contributed by atoms with Gasteiger partial charge in [0.25, 0.3) is 0 Å². The maximum absolute atomic E-state index is 13.8. The molecule has 196 valence electrons. The molecule has 1 amide bonds. The van der Waals surface area contributed by atoms with Crippen molar-refractivity contribution in [3.63, 3.8) is 0 Å². The number of benzene rings is 3. The number of hydrogen-bond donors (Lipinski definition) is 1. The summed E-state index contributed by atoms with van der Waals surface area (Å²) < 4.78 is 32.3. The van der Waals surface area contributed by atoms with Crippen molar-refractivity contribution in [1.82, 2.24) is 5.32 Å². The topological polar surface area (TPSA) is 56.8 Å². The minimum atomic E-state index is -0.683. The van der Waals surface area contributed by atoms with Crippen LogP contribution in [-0.2, 0) is 14.0 Å². The molecule has 3 aromatic rings. The highest BCUT2D eigenvalue weighted by molar-refractivity contribution is 9.10. The first kappa shape index (κ1) is 26.7. The van der Waals surface area contributed by atoms with Crippen molar-refractivity contribution in [2.45, 2.75) is 44.8 Å². The van der Waals surface area contributed by atoms with E-state index in [1.165, 1.54) is 17.2 Å². The molecule has 3 aromatic carbocycles. The van der Waals surface area contributed by atoms with E-state index in [0.29, 0.717) is 9.95 Å². The van der Waals surface area contributed by atoms with E-state index in [2.05, 4.69) is 45.5 Å². The van der Waals surface area contributed by atoms with Crippen LogP contribution in [0.1, 0.15) is 50.3 Å². The predicted molar refractivity (Wildman–Crippen MR) is 151 cm³/mol. The molecule has 38 heavy (non-hydrogen) atoms. The molecule has 1 N–H and O–H groups in total. The molecule has 1 aliphatic carbocycles. The van der Waals surface area contributed by atoms with E-state index in [0.717, 1.165) is 16.7 Å². The van der Waals surface area contributed by atoms with Gasteiger partial charge in [-0.05, 0) is 89.0 Å². The van der Waals surface area contributed by atoms with Crippen molar-refractivity contribution < 1.29 is 23.2 Å². The van der Waals surface area contributed by atoms with Crippen LogP contribution in [0, 0.1) is 5.82 Å². The maximum atomic E-state index is 13.8. The smallest absolute Gasteiger partial charge is 0.449 e. The van der Waals surface area contributed by atoms with Crippen molar-refractivity contribution in [2.75, 3.05) is 13.2 Å². The van der Waals surface area contributed by atoms with Crippen LogP contribution < -0.4 is 5.32 Å². The van der Waals surface area contributed by atoms with E-state index >= 15 is 0 Å². The van der Waals surface area contributed by atoms with Crippen LogP contribution in [0.4, 0.5) is 9.18 Å². The second-order valence-corrected chi connectivity index (χ2v) is 11.5. The van der Waals surface area contributed by atoms with Crippen molar-refractivity contribution >= 4 is 35.2 Å². The second-order valence-electron chi connectivity index (χ2n) is 10.7. The van der Waals surface area contributed by atoms with Crippen LogP contribution in [0.25, 0.3) is 17.2 Å². The summed E-state index contributed by atoms with van der Waals surface area (Å²) in [5.41, 5.74) is 4.99.